The molecule has 144 valence electrons. The maximum Gasteiger partial charge on any atom is 0.227 e. The second kappa shape index (κ2) is 9.50. The molecule has 0 aliphatic rings. The van der Waals surface area contributed by atoms with Crippen molar-refractivity contribution >= 4 is 17.6 Å². The van der Waals surface area contributed by atoms with Crippen molar-refractivity contribution in [3.05, 3.63) is 78.1 Å². The molecular formula is C22H23N3O3. The van der Waals surface area contributed by atoms with Gasteiger partial charge in [-0.05, 0) is 36.8 Å². The van der Waals surface area contributed by atoms with E-state index in [9.17, 15) is 9.59 Å². The van der Waals surface area contributed by atoms with E-state index < -0.39 is 0 Å². The summed E-state index contributed by atoms with van der Waals surface area (Å²) in [7, 11) is 0. The largest absolute Gasteiger partial charge is 0.494 e. The highest BCUT2D eigenvalue weighted by Gasteiger charge is 2.12. The molecule has 1 aromatic heterocycles. The maximum absolute atomic E-state index is 12.3. The van der Waals surface area contributed by atoms with Crippen LogP contribution in [0.1, 0.15) is 35.7 Å². The highest BCUT2D eigenvalue weighted by molar-refractivity contribution is 5.99. The molecule has 0 aliphatic heterocycles. The topological polar surface area (TPSA) is 73.2 Å². The lowest BCUT2D eigenvalue weighted by Gasteiger charge is -2.09. The number of carbonyl (C=O) groups excluding carboxylic acids is 2. The summed E-state index contributed by atoms with van der Waals surface area (Å²) >= 11 is 0. The average Bonchev–Trinajstić information content (AvgIpc) is 3.14. The Morgan fingerprint density at radius 2 is 1.79 bits per heavy atom. The molecule has 3 aromatic rings. The monoisotopic (exact) mass is 377 g/mol. The summed E-state index contributed by atoms with van der Waals surface area (Å²) in [4.78, 5) is 28.7. The molecule has 0 radical (unpaired) electrons. The zero-order chi connectivity index (χ0) is 19.8. The molecule has 0 saturated heterocycles. The molecule has 28 heavy (non-hydrogen) atoms. The van der Waals surface area contributed by atoms with Crippen molar-refractivity contribution in [3.8, 4) is 5.75 Å². The Balaban J connectivity index is 1.52. The molecule has 0 spiro atoms. The second-order valence-corrected chi connectivity index (χ2v) is 6.29. The number of rotatable bonds is 9. The minimum atomic E-state index is -0.236. The first-order valence-electron chi connectivity index (χ1n) is 9.26. The molecule has 1 N–H and O–H groups in total. The van der Waals surface area contributed by atoms with E-state index in [1.54, 1.807) is 30.5 Å². The third-order valence-corrected chi connectivity index (χ3v) is 4.23. The van der Waals surface area contributed by atoms with Crippen LogP contribution in [0.3, 0.4) is 0 Å². The summed E-state index contributed by atoms with van der Waals surface area (Å²) in [6, 6.07) is 16.9. The molecule has 1 amide bonds. The summed E-state index contributed by atoms with van der Waals surface area (Å²) in [6.45, 7) is 3.10. The minimum absolute atomic E-state index is 0.0779. The third-order valence-electron chi connectivity index (χ3n) is 4.23. The summed E-state index contributed by atoms with van der Waals surface area (Å²) in [5, 5.41) is 2.78. The molecule has 0 aliphatic carbocycles. The van der Waals surface area contributed by atoms with Gasteiger partial charge in [-0.15, -0.1) is 0 Å². The second-order valence-electron chi connectivity index (χ2n) is 6.29. The van der Waals surface area contributed by atoms with Crippen molar-refractivity contribution in [1.29, 1.82) is 0 Å². The van der Waals surface area contributed by atoms with E-state index in [1.807, 2.05) is 48.0 Å². The first-order valence-corrected chi connectivity index (χ1v) is 9.26. The van der Waals surface area contributed by atoms with E-state index in [4.69, 9.17) is 4.74 Å². The smallest absolute Gasteiger partial charge is 0.227 e. The summed E-state index contributed by atoms with van der Waals surface area (Å²) in [5.74, 6) is 0.884. The Hall–Kier alpha value is -3.41. The Kier molecular flexibility index (Phi) is 6.57. The fraction of sp³-hybridized carbons (Fsp3) is 0.227. The molecule has 1 heterocycles. The Bertz CT molecular complexity index is 918. The molecule has 2 aromatic carbocycles. The van der Waals surface area contributed by atoms with E-state index in [2.05, 4.69) is 10.3 Å². The Morgan fingerprint density at radius 1 is 1.04 bits per heavy atom. The first-order chi connectivity index (χ1) is 13.7. The van der Waals surface area contributed by atoms with Crippen LogP contribution >= 0.6 is 0 Å². The van der Waals surface area contributed by atoms with Crippen LogP contribution in [-0.4, -0.2) is 27.8 Å². The number of amides is 1. The number of nitrogens with zero attached hydrogens (tertiary/aromatic N) is 2. The van der Waals surface area contributed by atoms with E-state index in [1.165, 1.54) is 0 Å². The zero-order valence-electron chi connectivity index (χ0n) is 15.8. The van der Waals surface area contributed by atoms with Gasteiger partial charge in [0.15, 0.2) is 5.78 Å². The van der Waals surface area contributed by atoms with Gasteiger partial charge in [-0.2, -0.15) is 0 Å². The number of nitrogens with one attached hydrogen (secondary N) is 1. The van der Waals surface area contributed by atoms with Gasteiger partial charge in [-0.3, -0.25) is 14.9 Å². The van der Waals surface area contributed by atoms with Crippen molar-refractivity contribution < 1.29 is 14.3 Å². The van der Waals surface area contributed by atoms with Crippen LogP contribution in [0.4, 0.5) is 5.95 Å². The van der Waals surface area contributed by atoms with E-state index in [0.29, 0.717) is 24.7 Å². The number of ether oxygens (including phenoxy) is 1. The first kappa shape index (κ1) is 19.4. The molecule has 0 saturated carbocycles. The fourth-order valence-corrected chi connectivity index (χ4v) is 2.80. The van der Waals surface area contributed by atoms with Crippen LogP contribution in [0.15, 0.2) is 67.0 Å². The number of anilines is 1. The number of Topliss-reactive ketones (excluding diaryl/α,β-unsaturated/α-hetero) is 1. The molecule has 0 fully saturated rings. The molecule has 0 unspecified atom stereocenters. The molecule has 0 bridgehead atoms. The lowest BCUT2D eigenvalue weighted by atomic mass is 10.1. The maximum atomic E-state index is 12.3. The van der Waals surface area contributed by atoms with Gasteiger partial charge in [0.1, 0.15) is 5.75 Å². The van der Waals surface area contributed by atoms with Crippen molar-refractivity contribution in [1.82, 2.24) is 9.55 Å². The summed E-state index contributed by atoms with van der Waals surface area (Å²) in [6.07, 6.45) is 3.70. The van der Waals surface area contributed by atoms with Gasteiger partial charge < -0.3 is 9.30 Å². The highest BCUT2D eigenvalue weighted by Crippen LogP contribution is 2.15. The van der Waals surface area contributed by atoms with Gasteiger partial charge in [-0.25, -0.2) is 4.98 Å². The summed E-state index contributed by atoms with van der Waals surface area (Å²) in [5.41, 5.74) is 1.68. The number of hydrogen-bond acceptors (Lipinski definition) is 4. The van der Waals surface area contributed by atoms with Gasteiger partial charge in [0.25, 0.3) is 0 Å². The predicted octanol–water partition coefficient (Wildman–Crippen LogP) is 3.93. The van der Waals surface area contributed by atoms with Gasteiger partial charge in [0.05, 0.1) is 13.2 Å². The van der Waals surface area contributed by atoms with Crippen LogP contribution < -0.4 is 10.1 Å². The van der Waals surface area contributed by atoms with E-state index in [0.717, 1.165) is 11.3 Å². The molecule has 6 heteroatoms. The molecule has 0 atom stereocenters. The van der Waals surface area contributed by atoms with Gasteiger partial charge >= 0.3 is 0 Å². The fourth-order valence-electron chi connectivity index (χ4n) is 2.80. The van der Waals surface area contributed by atoms with Crippen molar-refractivity contribution in [2.24, 2.45) is 0 Å². The summed E-state index contributed by atoms with van der Waals surface area (Å²) < 4.78 is 7.23. The number of hydrogen-bond donors (Lipinski definition) is 1. The predicted molar refractivity (Wildman–Crippen MR) is 108 cm³/mol. The van der Waals surface area contributed by atoms with Gasteiger partial charge in [0, 0.05) is 30.8 Å². The van der Waals surface area contributed by atoms with Crippen LogP contribution in [-0.2, 0) is 11.3 Å². The molecule has 6 nitrogen and oxygen atoms in total. The van der Waals surface area contributed by atoms with Crippen molar-refractivity contribution in [2.45, 2.75) is 26.3 Å². The zero-order valence-corrected chi connectivity index (χ0v) is 15.8. The number of carbonyl (C=O) groups is 2. The van der Waals surface area contributed by atoms with Crippen LogP contribution in [0.25, 0.3) is 0 Å². The lowest BCUT2D eigenvalue weighted by molar-refractivity contribution is -0.116. The molecule has 3 rings (SSSR count). The van der Waals surface area contributed by atoms with Crippen LogP contribution in [0, 0.1) is 0 Å². The number of ketones is 1. The quantitative estimate of drug-likeness (QED) is 0.574. The Labute approximate surface area is 164 Å². The van der Waals surface area contributed by atoms with Crippen molar-refractivity contribution in [3.63, 3.8) is 0 Å². The van der Waals surface area contributed by atoms with Gasteiger partial charge in [0.2, 0.25) is 11.9 Å². The van der Waals surface area contributed by atoms with Crippen LogP contribution in [0.2, 0.25) is 0 Å². The van der Waals surface area contributed by atoms with Crippen LogP contribution in [0.5, 0.6) is 5.75 Å². The number of imidazole rings is 1. The minimum Gasteiger partial charge on any atom is -0.494 e. The lowest BCUT2D eigenvalue weighted by Crippen LogP contribution is -2.17. The van der Waals surface area contributed by atoms with E-state index in [-0.39, 0.29) is 24.5 Å². The SMILES string of the molecule is CCOc1ccc(C(=O)CCC(=O)Nc2nccn2Cc2ccccc2)cc1. The normalized spacial score (nSPS) is 10.5. The highest BCUT2D eigenvalue weighted by atomic mass is 16.5. The number of benzene rings is 2. The van der Waals surface area contributed by atoms with Crippen molar-refractivity contribution in [2.75, 3.05) is 11.9 Å². The number of aromatic nitrogens is 2. The third kappa shape index (κ3) is 5.30. The standard InChI is InChI=1S/C22H23N3O3/c1-2-28-19-10-8-18(9-11-19)20(26)12-13-21(27)24-22-23-14-15-25(22)16-17-6-4-3-5-7-17/h3-11,14-15H,2,12-13,16H2,1H3,(H,23,24,27). The average molecular weight is 377 g/mol. The van der Waals surface area contributed by atoms with E-state index >= 15 is 0 Å². The molecular weight excluding hydrogens is 354 g/mol. The van der Waals surface area contributed by atoms with Gasteiger partial charge in [-0.1, -0.05) is 30.3 Å². The Morgan fingerprint density at radius 3 is 2.50 bits per heavy atom.